The van der Waals surface area contributed by atoms with Crippen LogP contribution in [-0.2, 0) is 9.84 Å². The third-order valence-corrected chi connectivity index (χ3v) is 5.56. The molecule has 0 spiro atoms. The van der Waals surface area contributed by atoms with E-state index in [2.05, 4.69) is 17.2 Å². The Balaban J connectivity index is 2.27. The van der Waals surface area contributed by atoms with Crippen LogP contribution in [0.25, 0.3) is 0 Å². The Labute approximate surface area is 114 Å². The first-order chi connectivity index (χ1) is 8.94. The first kappa shape index (κ1) is 14.3. The summed E-state index contributed by atoms with van der Waals surface area (Å²) in [7, 11) is 0.962. The maximum absolute atomic E-state index is 11.6. The molecule has 1 aromatic heterocycles. The third kappa shape index (κ3) is 3.06. The highest BCUT2D eigenvalue weighted by Crippen LogP contribution is 2.27. The number of aromatic nitrogens is 1. The Kier molecular flexibility index (Phi) is 4.10. The van der Waals surface area contributed by atoms with Gasteiger partial charge in [-0.15, -0.1) is 0 Å². The molecule has 19 heavy (non-hydrogen) atoms. The molecule has 0 aromatic carbocycles. The quantitative estimate of drug-likeness (QED) is 0.892. The van der Waals surface area contributed by atoms with Gasteiger partial charge in [0.15, 0.2) is 9.84 Å². The van der Waals surface area contributed by atoms with Crippen LogP contribution >= 0.6 is 0 Å². The van der Waals surface area contributed by atoms with E-state index in [0.29, 0.717) is 6.42 Å². The molecule has 0 aliphatic carbocycles. The second-order valence-electron chi connectivity index (χ2n) is 5.09. The van der Waals surface area contributed by atoms with Gasteiger partial charge in [0.1, 0.15) is 5.82 Å². The number of nitrogens with zero attached hydrogens (tertiary/aromatic N) is 2. The van der Waals surface area contributed by atoms with Crippen LogP contribution in [0.15, 0.2) is 18.3 Å². The van der Waals surface area contributed by atoms with Crippen molar-refractivity contribution in [2.24, 2.45) is 0 Å². The Morgan fingerprint density at radius 2 is 2.26 bits per heavy atom. The average Bonchev–Trinajstić information content (AvgIpc) is 2.77. The molecule has 1 aromatic rings. The highest BCUT2D eigenvalue weighted by Gasteiger charge is 2.32. The lowest BCUT2D eigenvalue weighted by atomic mass is 10.1. The zero-order valence-corrected chi connectivity index (χ0v) is 12.4. The van der Waals surface area contributed by atoms with Crippen molar-refractivity contribution in [3.05, 3.63) is 23.9 Å². The van der Waals surface area contributed by atoms with Crippen LogP contribution in [0.5, 0.6) is 0 Å². The summed E-state index contributed by atoms with van der Waals surface area (Å²) in [4.78, 5) is 6.44. The molecule has 2 heterocycles. The molecule has 6 heteroatoms. The molecule has 1 aliphatic rings. The number of nitrogens with one attached hydrogen (secondary N) is 1. The average molecular weight is 283 g/mol. The third-order valence-electron chi connectivity index (χ3n) is 3.81. The van der Waals surface area contributed by atoms with Crippen molar-refractivity contribution in [3.8, 4) is 0 Å². The van der Waals surface area contributed by atoms with Crippen molar-refractivity contribution in [2.75, 3.05) is 30.5 Å². The van der Waals surface area contributed by atoms with E-state index in [-0.39, 0.29) is 23.6 Å². The lowest BCUT2D eigenvalue weighted by Crippen LogP contribution is -2.34. The van der Waals surface area contributed by atoms with Crippen molar-refractivity contribution in [3.63, 3.8) is 0 Å². The normalized spacial score (nSPS) is 23.2. The monoisotopic (exact) mass is 283 g/mol. The molecule has 1 N–H and O–H groups in total. The molecule has 2 unspecified atom stereocenters. The maximum Gasteiger partial charge on any atom is 0.152 e. The van der Waals surface area contributed by atoms with Gasteiger partial charge >= 0.3 is 0 Å². The Bertz CT molecular complexity index is 545. The van der Waals surface area contributed by atoms with Gasteiger partial charge in [-0.3, -0.25) is 0 Å². The highest BCUT2D eigenvalue weighted by molar-refractivity contribution is 7.91. The first-order valence-corrected chi connectivity index (χ1v) is 8.32. The van der Waals surface area contributed by atoms with Gasteiger partial charge in [-0.2, -0.15) is 0 Å². The van der Waals surface area contributed by atoms with Crippen LogP contribution in [-0.4, -0.2) is 45.0 Å². The molecule has 0 bridgehead atoms. The number of rotatable bonds is 4. The van der Waals surface area contributed by atoms with E-state index in [1.807, 2.05) is 31.1 Å². The maximum atomic E-state index is 11.6. The van der Waals surface area contributed by atoms with Crippen molar-refractivity contribution in [1.82, 2.24) is 10.3 Å². The van der Waals surface area contributed by atoms with E-state index in [9.17, 15) is 8.42 Å². The lowest BCUT2D eigenvalue weighted by molar-refractivity contribution is 0.600. The Morgan fingerprint density at radius 1 is 1.53 bits per heavy atom. The number of anilines is 1. The molecular weight excluding hydrogens is 262 g/mol. The minimum Gasteiger partial charge on any atom is -0.355 e. The molecule has 0 saturated carbocycles. The predicted octanol–water partition coefficient (Wildman–Crippen LogP) is 0.985. The van der Waals surface area contributed by atoms with Crippen molar-refractivity contribution in [2.45, 2.75) is 25.4 Å². The minimum absolute atomic E-state index is 0.0303. The van der Waals surface area contributed by atoms with Gasteiger partial charge in [-0.05, 0) is 26.5 Å². The predicted molar refractivity (Wildman–Crippen MR) is 77.2 cm³/mol. The fourth-order valence-corrected chi connectivity index (χ4v) is 4.23. The van der Waals surface area contributed by atoms with E-state index >= 15 is 0 Å². The lowest BCUT2D eigenvalue weighted by Gasteiger charge is -2.28. The molecule has 1 saturated heterocycles. The summed E-state index contributed by atoms with van der Waals surface area (Å²) in [6, 6.07) is 4.15. The number of pyridine rings is 1. The fraction of sp³-hybridized carbons (Fsp3) is 0.615. The number of sulfone groups is 1. The van der Waals surface area contributed by atoms with Crippen molar-refractivity contribution >= 4 is 15.7 Å². The summed E-state index contributed by atoms with van der Waals surface area (Å²) >= 11 is 0. The summed E-state index contributed by atoms with van der Waals surface area (Å²) in [5, 5.41) is 3.20. The van der Waals surface area contributed by atoms with Crippen LogP contribution in [0.2, 0.25) is 0 Å². The van der Waals surface area contributed by atoms with Crippen LogP contribution < -0.4 is 10.2 Å². The second-order valence-corrected chi connectivity index (χ2v) is 7.32. The van der Waals surface area contributed by atoms with Crippen LogP contribution in [0.3, 0.4) is 0 Å². The van der Waals surface area contributed by atoms with Gasteiger partial charge < -0.3 is 10.2 Å². The van der Waals surface area contributed by atoms with E-state index in [1.165, 1.54) is 0 Å². The van der Waals surface area contributed by atoms with E-state index in [1.54, 1.807) is 6.20 Å². The summed E-state index contributed by atoms with van der Waals surface area (Å²) in [6.45, 7) is 2.07. The van der Waals surface area contributed by atoms with Gasteiger partial charge in [0, 0.05) is 30.9 Å². The smallest absolute Gasteiger partial charge is 0.152 e. The molecule has 0 amide bonds. The molecule has 1 fully saturated rings. The van der Waals surface area contributed by atoms with Gasteiger partial charge in [-0.1, -0.05) is 6.07 Å². The van der Waals surface area contributed by atoms with E-state index < -0.39 is 9.84 Å². The van der Waals surface area contributed by atoms with Crippen molar-refractivity contribution in [1.29, 1.82) is 0 Å². The van der Waals surface area contributed by atoms with Gasteiger partial charge in [0.25, 0.3) is 0 Å². The summed E-state index contributed by atoms with van der Waals surface area (Å²) in [5.74, 6) is 1.38. The second kappa shape index (κ2) is 5.46. The fourth-order valence-electron chi connectivity index (χ4n) is 2.45. The number of hydrogen-bond acceptors (Lipinski definition) is 5. The summed E-state index contributed by atoms with van der Waals surface area (Å²) < 4.78 is 23.2. The molecule has 2 atom stereocenters. The van der Waals surface area contributed by atoms with Gasteiger partial charge in [-0.25, -0.2) is 13.4 Å². The topological polar surface area (TPSA) is 62.3 Å². The largest absolute Gasteiger partial charge is 0.355 e. The minimum atomic E-state index is -2.87. The zero-order valence-electron chi connectivity index (χ0n) is 11.6. The van der Waals surface area contributed by atoms with E-state index in [0.717, 1.165) is 11.4 Å². The SMILES string of the molecule is CNC(C)c1cccnc1N(C)C1CCS(=O)(=O)C1. The summed E-state index contributed by atoms with van der Waals surface area (Å²) in [6.07, 6.45) is 2.43. The molecule has 0 radical (unpaired) electrons. The molecule has 5 nitrogen and oxygen atoms in total. The van der Waals surface area contributed by atoms with Crippen LogP contribution in [0.1, 0.15) is 24.9 Å². The molecular formula is C13H21N3O2S. The zero-order chi connectivity index (χ0) is 14.0. The molecule has 2 rings (SSSR count). The highest BCUT2D eigenvalue weighted by atomic mass is 32.2. The number of hydrogen-bond donors (Lipinski definition) is 1. The summed E-state index contributed by atoms with van der Waals surface area (Å²) in [5.41, 5.74) is 1.09. The van der Waals surface area contributed by atoms with Gasteiger partial charge in [0.05, 0.1) is 11.5 Å². The van der Waals surface area contributed by atoms with E-state index in [4.69, 9.17) is 0 Å². The molecule has 106 valence electrons. The standard InChI is InChI=1S/C13H21N3O2S/c1-10(14-2)12-5-4-7-15-13(12)16(3)11-6-8-19(17,18)9-11/h4-5,7,10-11,14H,6,8-9H2,1-3H3. The first-order valence-electron chi connectivity index (χ1n) is 6.50. The van der Waals surface area contributed by atoms with Crippen LogP contribution in [0, 0.1) is 0 Å². The Hall–Kier alpha value is -1.14. The van der Waals surface area contributed by atoms with Crippen LogP contribution in [0.4, 0.5) is 5.82 Å². The van der Waals surface area contributed by atoms with Gasteiger partial charge in [0.2, 0.25) is 0 Å². The van der Waals surface area contributed by atoms with Crippen molar-refractivity contribution < 1.29 is 8.42 Å². The Morgan fingerprint density at radius 3 is 2.84 bits per heavy atom. The molecule has 1 aliphatic heterocycles.